The van der Waals surface area contributed by atoms with Crippen LogP contribution in [0.1, 0.15) is 5.56 Å². The molecule has 3 rings (SSSR count). The molecule has 2 aromatic carbocycles. The number of amides is 1. The molecule has 0 spiro atoms. The van der Waals surface area contributed by atoms with Crippen LogP contribution in [0.2, 0.25) is 0 Å². The molecule has 0 aliphatic heterocycles. The summed E-state index contributed by atoms with van der Waals surface area (Å²) >= 11 is 1.49. The zero-order valence-corrected chi connectivity index (χ0v) is 20.0. The van der Waals surface area contributed by atoms with Gasteiger partial charge in [0.2, 0.25) is 0 Å². The number of anilines is 1. The quantitative estimate of drug-likeness (QED) is 0.475. The van der Waals surface area contributed by atoms with Crippen LogP contribution in [0.15, 0.2) is 36.4 Å². The summed E-state index contributed by atoms with van der Waals surface area (Å²) < 4.78 is 17.4. The third kappa shape index (κ3) is 6.00. The number of hydrogen-bond donors (Lipinski definition) is 0. The lowest BCUT2D eigenvalue weighted by Gasteiger charge is -2.22. The minimum atomic E-state index is -0.157. The van der Waals surface area contributed by atoms with E-state index >= 15 is 0 Å². The molecule has 0 N–H and O–H groups in total. The molecule has 0 saturated carbocycles. The van der Waals surface area contributed by atoms with Crippen molar-refractivity contribution in [1.82, 2.24) is 9.88 Å². The van der Waals surface area contributed by atoms with E-state index < -0.39 is 0 Å². The van der Waals surface area contributed by atoms with Gasteiger partial charge < -0.3 is 19.1 Å². The summed E-state index contributed by atoms with van der Waals surface area (Å²) in [6, 6.07) is 11.1. The summed E-state index contributed by atoms with van der Waals surface area (Å²) in [6.45, 7) is 3.15. The normalized spacial score (nSPS) is 10.6. The highest BCUT2D eigenvalue weighted by molar-refractivity contribution is 7.22. The van der Waals surface area contributed by atoms with Crippen molar-refractivity contribution in [3.63, 3.8) is 0 Å². The molecule has 0 unspecified atom stereocenters. The first kappa shape index (κ1) is 24.7. The Balaban J connectivity index is 0.00000341. The van der Waals surface area contributed by atoms with Gasteiger partial charge in [0.1, 0.15) is 22.8 Å². The molecular formula is C22H28ClN3O4S. The molecule has 1 aromatic heterocycles. The van der Waals surface area contributed by atoms with E-state index in [9.17, 15) is 4.79 Å². The lowest BCUT2D eigenvalue weighted by Crippen LogP contribution is -2.39. The maximum absolute atomic E-state index is 13.1. The average molecular weight is 466 g/mol. The molecule has 0 aliphatic rings. The number of fused-ring (bicyclic) bond motifs is 1. The van der Waals surface area contributed by atoms with Gasteiger partial charge in [0.15, 0.2) is 11.7 Å². The number of ether oxygens (including phenoxy) is 3. The second-order valence-electron chi connectivity index (χ2n) is 7.08. The van der Waals surface area contributed by atoms with Crippen LogP contribution in [-0.2, 0) is 4.79 Å². The number of aromatic nitrogens is 1. The number of aryl methyl sites for hydroxylation is 1. The van der Waals surface area contributed by atoms with Gasteiger partial charge in [-0.3, -0.25) is 9.69 Å². The van der Waals surface area contributed by atoms with Crippen molar-refractivity contribution >= 4 is 45.0 Å². The Labute approximate surface area is 192 Å². The van der Waals surface area contributed by atoms with E-state index in [2.05, 4.69) is 0 Å². The van der Waals surface area contributed by atoms with Crippen molar-refractivity contribution in [3.05, 3.63) is 42.0 Å². The molecule has 0 aliphatic carbocycles. The molecule has 0 fully saturated rings. The Morgan fingerprint density at radius 1 is 1.06 bits per heavy atom. The van der Waals surface area contributed by atoms with Gasteiger partial charge in [-0.15, -0.1) is 12.4 Å². The first-order chi connectivity index (χ1) is 14.4. The zero-order valence-electron chi connectivity index (χ0n) is 18.4. The summed E-state index contributed by atoms with van der Waals surface area (Å²) in [5.41, 5.74) is 1.87. The predicted molar refractivity (Wildman–Crippen MR) is 128 cm³/mol. The molecular weight excluding hydrogens is 438 g/mol. The first-order valence-corrected chi connectivity index (χ1v) is 10.4. The number of hydrogen-bond acceptors (Lipinski definition) is 7. The predicted octanol–water partition coefficient (Wildman–Crippen LogP) is 4.02. The van der Waals surface area contributed by atoms with Crippen LogP contribution >= 0.6 is 23.7 Å². The van der Waals surface area contributed by atoms with Crippen molar-refractivity contribution in [3.8, 4) is 17.2 Å². The summed E-state index contributed by atoms with van der Waals surface area (Å²) in [4.78, 5) is 21.5. The fraction of sp³-hybridized carbons (Fsp3) is 0.364. The third-order valence-corrected chi connectivity index (χ3v) is 5.83. The lowest BCUT2D eigenvalue weighted by molar-refractivity contribution is -0.120. The van der Waals surface area contributed by atoms with E-state index in [-0.39, 0.29) is 24.9 Å². The number of methoxy groups -OCH3 is 2. The smallest absolute Gasteiger partial charge is 0.266 e. The lowest BCUT2D eigenvalue weighted by atomic mass is 10.2. The van der Waals surface area contributed by atoms with Crippen molar-refractivity contribution in [1.29, 1.82) is 0 Å². The Morgan fingerprint density at radius 2 is 1.81 bits per heavy atom. The van der Waals surface area contributed by atoms with Crippen LogP contribution in [0.5, 0.6) is 17.2 Å². The Kier molecular flexibility index (Phi) is 8.91. The Morgan fingerprint density at radius 3 is 2.48 bits per heavy atom. The number of likely N-dealkylation sites (N-methyl/N-ethyl adjacent to an activating group) is 1. The van der Waals surface area contributed by atoms with E-state index in [1.54, 1.807) is 31.3 Å². The van der Waals surface area contributed by atoms with E-state index in [0.717, 1.165) is 15.8 Å². The molecule has 0 saturated heterocycles. The summed E-state index contributed by atoms with van der Waals surface area (Å²) in [7, 11) is 7.17. The van der Waals surface area contributed by atoms with E-state index in [0.29, 0.717) is 35.5 Å². The molecule has 7 nitrogen and oxygen atoms in total. The van der Waals surface area contributed by atoms with Crippen LogP contribution in [0, 0.1) is 6.92 Å². The van der Waals surface area contributed by atoms with Crippen LogP contribution in [0.4, 0.5) is 5.13 Å². The van der Waals surface area contributed by atoms with E-state index in [1.807, 2.05) is 50.2 Å². The molecule has 1 amide bonds. The maximum atomic E-state index is 13.1. The Hall–Kier alpha value is -2.55. The largest absolute Gasteiger partial charge is 0.497 e. The Bertz CT molecular complexity index is 1030. The standard InChI is InChI=1S/C22H27N3O4S.ClH/c1-15-9-10-18(28-5)20-21(15)30-22(23-20)25(12-11-24(2)3)19(26)14-29-17-8-6-7-16(13-17)27-4;/h6-10,13H,11-12,14H2,1-5H3;1H. The highest BCUT2D eigenvalue weighted by Crippen LogP contribution is 2.36. The fourth-order valence-corrected chi connectivity index (χ4v) is 4.01. The number of nitrogens with zero attached hydrogens (tertiary/aromatic N) is 3. The first-order valence-electron chi connectivity index (χ1n) is 9.59. The van der Waals surface area contributed by atoms with Crippen LogP contribution in [0.3, 0.4) is 0 Å². The monoisotopic (exact) mass is 465 g/mol. The van der Waals surface area contributed by atoms with E-state index in [4.69, 9.17) is 19.2 Å². The van der Waals surface area contributed by atoms with Gasteiger partial charge in [-0.2, -0.15) is 0 Å². The van der Waals surface area contributed by atoms with Crippen LogP contribution < -0.4 is 19.1 Å². The van der Waals surface area contributed by atoms with Crippen molar-refractivity contribution < 1.29 is 19.0 Å². The summed E-state index contributed by atoms with van der Waals surface area (Å²) in [6.07, 6.45) is 0. The molecule has 168 valence electrons. The number of benzene rings is 2. The molecule has 9 heteroatoms. The molecule has 0 bridgehead atoms. The van der Waals surface area contributed by atoms with Gasteiger partial charge >= 0.3 is 0 Å². The molecule has 31 heavy (non-hydrogen) atoms. The maximum Gasteiger partial charge on any atom is 0.266 e. The number of halogens is 1. The van der Waals surface area contributed by atoms with Gasteiger partial charge in [0, 0.05) is 19.2 Å². The van der Waals surface area contributed by atoms with Crippen molar-refractivity contribution in [2.24, 2.45) is 0 Å². The van der Waals surface area contributed by atoms with Gasteiger partial charge in [0.25, 0.3) is 5.91 Å². The number of carbonyl (C=O) groups is 1. The molecule has 1 heterocycles. The van der Waals surface area contributed by atoms with Gasteiger partial charge in [0.05, 0.1) is 18.9 Å². The van der Waals surface area contributed by atoms with Gasteiger partial charge in [-0.1, -0.05) is 23.5 Å². The zero-order chi connectivity index (χ0) is 21.7. The highest BCUT2D eigenvalue weighted by atomic mass is 35.5. The molecule has 0 radical (unpaired) electrons. The topological polar surface area (TPSA) is 64.1 Å². The second-order valence-corrected chi connectivity index (χ2v) is 8.05. The SMILES string of the molecule is COc1cccc(OCC(=O)N(CCN(C)C)c2nc3c(OC)ccc(C)c3s2)c1.Cl. The average Bonchev–Trinajstić information content (AvgIpc) is 3.18. The van der Waals surface area contributed by atoms with Crippen LogP contribution in [-0.4, -0.2) is 63.8 Å². The van der Waals surface area contributed by atoms with Crippen molar-refractivity contribution in [2.45, 2.75) is 6.92 Å². The number of rotatable bonds is 9. The number of carbonyl (C=O) groups excluding carboxylic acids is 1. The van der Waals surface area contributed by atoms with E-state index in [1.165, 1.54) is 11.3 Å². The minimum absolute atomic E-state index is 0. The second kappa shape index (κ2) is 11.2. The van der Waals surface area contributed by atoms with Gasteiger partial charge in [-0.25, -0.2) is 4.98 Å². The molecule has 3 aromatic rings. The van der Waals surface area contributed by atoms with Gasteiger partial charge in [-0.05, 0) is 44.8 Å². The highest BCUT2D eigenvalue weighted by Gasteiger charge is 2.22. The third-order valence-electron chi connectivity index (χ3n) is 4.62. The summed E-state index contributed by atoms with van der Waals surface area (Å²) in [5.74, 6) is 1.80. The minimum Gasteiger partial charge on any atom is -0.497 e. The van der Waals surface area contributed by atoms with Crippen molar-refractivity contribution in [2.75, 3.05) is 52.9 Å². The summed E-state index contributed by atoms with van der Waals surface area (Å²) in [5, 5.41) is 0.638. The molecule has 0 atom stereocenters. The van der Waals surface area contributed by atoms with Crippen LogP contribution in [0.25, 0.3) is 10.2 Å². The fourth-order valence-electron chi connectivity index (χ4n) is 2.92. The number of thiazole rings is 1.